The van der Waals surface area contributed by atoms with E-state index in [0.717, 1.165) is 0 Å². The number of hydrogen-bond donors (Lipinski definition) is 2. The molecule has 1 aliphatic rings. The Kier molecular flexibility index (Phi) is 6.32. The molecule has 3 aromatic rings. The first-order valence-electron chi connectivity index (χ1n) is 10.1. The van der Waals surface area contributed by atoms with Crippen LogP contribution in [0, 0.1) is 12.7 Å². The molecule has 9 nitrogen and oxygen atoms in total. The first-order valence-corrected chi connectivity index (χ1v) is 11.9. The van der Waals surface area contributed by atoms with E-state index in [9.17, 15) is 13.2 Å². The van der Waals surface area contributed by atoms with Crippen molar-refractivity contribution in [3.05, 3.63) is 57.3 Å². The number of aromatic nitrogens is 2. The van der Waals surface area contributed by atoms with Gasteiger partial charge in [0.15, 0.2) is 5.82 Å². The van der Waals surface area contributed by atoms with E-state index in [1.54, 1.807) is 26.1 Å². The van der Waals surface area contributed by atoms with Crippen molar-refractivity contribution in [3.8, 4) is 0 Å². The molecule has 0 spiro atoms. The maximum Gasteiger partial charge on any atom is 0.301 e. The topological polar surface area (TPSA) is 106 Å². The monoisotopic (exact) mass is 495 g/mol. The lowest BCUT2D eigenvalue weighted by atomic mass is 10.1. The van der Waals surface area contributed by atoms with Crippen LogP contribution in [0.1, 0.15) is 12.0 Å². The summed E-state index contributed by atoms with van der Waals surface area (Å²) in [5.74, 6) is -0.830. The molecule has 1 fully saturated rings. The number of nitrogens with zero attached hydrogens (tertiary/aromatic N) is 3. The van der Waals surface area contributed by atoms with Gasteiger partial charge in [-0.3, -0.25) is 9.52 Å². The van der Waals surface area contributed by atoms with Crippen LogP contribution in [-0.2, 0) is 22.0 Å². The van der Waals surface area contributed by atoms with Gasteiger partial charge in [0, 0.05) is 38.0 Å². The van der Waals surface area contributed by atoms with E-state index >= 15 is 4.39 Å². The fraction of sp³-hybridized carbons (Fsp3) is 0.333. The minimum absolute atomic E-state index is 0.0421. The van der Waals surface area contributed by atoms with Gasteiger partial charge >= 0.3 is 10.2 Å². The number of aryl methyl sites for hydroxylation is 2. The van der Waals surface area contributed by atoms with Crippen molar-refractivity contribution in [2.24, 2.45) is 7.05 Å². The average molecular weight is 496 g/mol. The quantitative estimate of drug-likeness (QED) is 0.544. The Morgan fingerprint density at radius 1 is 1.24 bits per heavy atom. The van der Waals surface area contributed by atoms with Gasteiger partial charge < -0.3 is 14.6 Å². The number of hydrogen-bond acceptors (Lipinski definition) is 6. The van der Waals surface area contributed by atoms with Crippen LogP contribution < -0.4 is 15.6 Å². The number of rotatable bonds is 6. The summed E-state index contributed by atoms with van der Waals surface area (Å²) in [5.41, 5.74) is 0.985. The van der Waals surface area contributed by atoms with Crippen molar-refractivity contribution in [1.29, 1.82) is 0 Å². The highest BCUT2D eigenvalue weighted by atomic mass is 35.5. The van der Waals surface area contributed by atoms with Crippen molar-refractivity contribution in [1.82, 2.24) is 13.9 Å². The lowest BCUT2D eigenvalue weighted by molar-refractivity contribution is 0.115. The normalized spacial score (nSPS) is 16.9. The summed E-state index contributed by atoms with van der Waals surface area (Å²) in [6.45, 7) is 2.16. The molecule has 0 aliphatic carbocycles. The number of halogens is 2. The van der Waals surface area contributed by atoms with E-state index in [0.29, 0.717) is 28.6 Å². The van der Waals surface area contributed by atoms with Gasteiger partial charge in [-0.1, -0.05) is 11.6 Å². The van der Waals surface area contributed by atoms with Gasteiger partial charge in [0.25, 0.3) is 5.56 Å². The summed E-state index contributed by atoms with van der Waals surface area (Å²) in [6, 6.07) is 5.87. The van der Waals surface area contributed by atoms with E-state index in [1.165, 1.54) is 34.4 Å². The first kappa shape index (κ1) is 23.4. The lowest BCUT2D eigenvalue weighted by Gasteiger charge is -2.19. The Bertz CT molecular complexity index is 1400. The molecule has 1 saturated heterocycles. The summed E-state index contributed by atoms with van der Waals surface area (Å²) in [5, 5.41) is 3.46. The molecule has 1 atom stereocenters. The Morgan fingerprint density at radius 3 is 2.67 bits per heavy atom. The second-order valence-corrected chi connectivity index (χ2v) is 9.95. The number of fused-ring (bicyclic) bond motifs is 1. The predicted molar refractivity (Wildman–Crippen MR) is 126 cm³/mol. The van der Waals surface area contributed by atoms with Gasteiger partial charge in [-0.15, -0.1) is 0 Å². The highest BCUT2D eigenvalue weighted by Crippen LogP contribution is 2.33. The number of methoxy groups -OCH3 is 1. The van der Waals surface area contributed by atoms with Gasteiger partial charge in [-0.05, 0) is 43.2 Å². The summed E-state index contributed by atoms with van der Waals surface area (Å²) in [7, 11) is -0.895. The largest absolute Gasteiger partial charge is 0.380 e. The smallest absolute Gasteiger partial charge is 0.301 e. The molecule has 0 saturated carbocycles. The highest BCUT2D eigenvalue weighted by Gasteiger charge is 2.32. The van der Waals surface area contributed by atoms with Crippen molar-refractivity contribution >= 4 is 49.8 Å². The number of nitrogens with one attached hydrogen (secondary N) is 2. The molecule has 1 aliphatic heterocycles. The molecular weight excluding hydrogens is 473 g/mol. The number of benzene rings is 2. The fourth-order valence-electron chi connectivity index (χ4n) is 3.80. The molecule has 0 unspecified atom stereocenters. The van der Waals surface area contributed by atoms with E-state index in [1.807, 2.05) is 0 Å². The Labute approximate surface area is 195 Å². The van der Waals surface area contributed by atoms with Crippen LogP contribution in [0.15, 0.2) is 35.4 Å². The zero-order chi connectivity index (χ0) is 23.9. The maximum atomic E-state index is 15.3. The molecule has 1 aromatic heterocycles. The van der Waals surface area contributed by atoms with Crippen molar-refractivity contribution in [2.75, 3.05) is 30.2 Å². The Morgan fingerprint density at radius 2 is 1.97 bits per heavy atom. The lowest BCUT2D eigenvalue weighted by Crippen LogP contribution is -2.35. The van der Waals surface area contributed by atoms with Gasteiger partial charge in [0.2, 0.25) is 0 Å². The summed E-state index contributed by atoms with van der Waals surface area (Å²) in [6.07, 6.45) is 1.78. The van der Waals surface area contributed by atoms with Crippen LogP contribution >= 0.6 is 11.6 Å². The van der Waals surface area contributed by atoms with E-state index in [4.69, 9.17) is 16.3 Å². The molecular formula is C21H23ClFN5O4S. The third-order valence-corrected chi connectivity index (χ3v) is 7.38. The molecule has 33 heavy (non-hydrogen) atoms. The van der Waals surface area contributed by atoms with Crippen molar-refractivity contribution in [3.63, 3.8) is 0 Å². The molecule has 2 heterocycles. The minimum Gasteiger partial charge on any atom is -0.380 e. The van der Waals surface area contributed by atoms with Crippen LogP contribution in [0.3, 0.4) is 0 Å². The molecule has 2 aromatic carbocycles. The first-order chi connectivity index (χ1) is 15.6. The Balaban J connectivity index is 1.68. The van der Waals surface area contributed by atoms with Crippen LogP contribution in [-0.4, -0.2) is 48.6 Å². The number of ether oxygens (including phenoxy) is 1. The maximum absolute atomic E-state index is 15.3. The van der Waals surface area contributed by atoms with E-state index < -0.39 is 16.0 Å². The zero-order valence-corrected chi connectivity index (χ0v) is 19.8. The van der Waals surface area contributed by atoms with Crippen LogP contribution in [0.5, 0.6) is 0 Å². The predicted octanol–water partition coefficient (Wildman–Crippen LogP) is 3.16. The standard InChI is InChI=1S/C21H23ClFN5O4S/c1-12-15(4-5-16-19(12)21(29)27(2)11-24-16)25-17-8-13(22)9-18(20(17)23)26-33(30,31)28-7-6-14(10-28)32-3/h4-5,8-9,11,14,25-26H,6-7,10H2,1-3H3/t14-/m1/s1. The van der Waals surface area contributed by atoms with Crippen LogP contribution in [0.25, 0.3) is 10.9 Å². The van der Waals surface area contributed by atoms with E-state index in [-0.39, 0.29) is 41.2 Å². The summed E-state index contributed by atoms with van der Waals surface area (Å²) in [4.78, 5) is 16.8. The van der Waals surface area contributed by atoms with Crippen LogP contribution in [0.2, 0.25) is 5.02 Å². The van der Waals surface area contributed by atoms with Crippen molar-refractivity contribution in [2.45, 2.75) is 19.4 Å². The molecule has 0 radical (unpaired) electrons. The summed E-state index contributed by atoms with van der Waals surface area (Å²) < 4.78 is 50.9. The molecule has 0 amide bonds. The second kappa shape index (κ2) is 8.90. The third-order valence-electron chi connectivity index (χ3n) is 5.67. The highest BCUT2D eigenvalue weighted by molar-refractivity contribution is 7.90. The van der Waals surface area contributed by atoms with Crippen LogP contribution in [0.4, 0.5) is 21.5 Å². The molecule has 176 valence electrons. The molecule has 12 heteroatoms. The summed E-state index contributed by atoms with van der Waals surface area (Å²) >= 11 is 6.16. The Hall–Kier alpha value is -2.73. The molecule has 0 bridgehead atoms. The van der Waals surface area contributed by atoms with Gasteiger partial charge in [0.05, 0.1) is 34.7 Å². The SMILES string of the molecule is CO[C@@H]1CCN(S(=O)(=O)Nc2cc(Cl)cc(Nc3ccc4ncn(C)c(=O)c4c3C)c2F)C1. The van der Waals surface area contributed by atoms with Gasteiger partial charge in [-0.2, -0.15) is 12.7 Å². The average Bonchev–Trinajstić information content (AvgIpc) is 3.26. The second-order valence-electron chi connectivity index (χ2n) is 7.84. The van der Waals surface area contributed by atoms with Gasteiger partial charge in [0.1, 0.15) is 0 Å². The van der Waals surface area contributed by atoms with E-state index in [2.05, 4.69) is 15.0 Å². The van der Waals surface area contributed by atoms with Gasteiger partial charge in [-0.25, -0.2) is 9.37 Å². The molecule has 4 rings (SSSR count). The minimum atomic E-state index is -4.01. The third kappa shape index (κ3) is 4.54. The zero-order valence-electron chi connectivity index (χ0n) is 18.2. The molecule has 2 N–H and O–H groups in total. The fourth-order valence-corrected chi connectivity index (χ4v) is 5.28. The van der Waals surface area contributed by atoms with Crippen molar-refractivity contribution < 1.29 is 17.5 Å². The number of anilines is 3.